The number of carbonyl (C=O) groups is 1. The van der Waals surface area contributed by atoms with Crippen molar-refractivity contribution in [1.82, 2.24) is 39.8 Å². The second-order valence-electron chi connectivity index (χ2n) is 8.36. The van der Waals surface area contributed by atoms with Gasteiger partial charge in [-0.1, -0.05) is 5.21 Å². The van der Waals surface area contributed by atoms with E-state index in [9.17, 15) is 35.3 Å². The van der Waals surface area contributed by atoms with Crippen LogP contribution in [0.1, 0.15) is 22.3 Å². The van der Waals surface area contributed by atoms with Crippen LogP contribution in [0, 0.1) is 10.1 Å². The smallest absolute Gasteiger partial charge is 0.274 e. The van der Waals surface area contributed by atoms with E-state index in [1.807, 2.05) is 0 Å². The number of imidazole rings is 1. The van der Waals surface area contributed by atoms with Gasteiger partial charge in [-0.15, -0.1) is 5.10 Å². The zero-order valence-electron chi connectivity index (χ0n) is 19.2. The minimum Gasteiger partial charge on any atom is -0.504 e. The summed E-state index contributed by atoms with van der Waals surface area (Å²) < 4.78 is 8.62. The fourth-order valence-corrected chi connectivity index (χ4v) is 4.01. The molecule has 1 aliphatic rings. The third-order valence-corrected chi connectivity index (χ3v) is 5.91. The molecule has 0 spiro atoms. The van der Waals surface area contributed by atoms with E-state index in [4.69, 9.17) is 10.5 Å². The highest BCUT2D eigenvalue weighted by molar-refractivity contribution is 5.98. The summed E-state index contributed by atoms with van der Waals surface area (Å²) in [7, 11) is 0. The number of nitrogens with zero attached hydrogens (tertiary/aromatic N) is 8. The number of aliphatic hydroxyl groups excluding tert-OH is 2. The van der Waals surface area contributed by atoms with Crippen LogP contribution in [0.5, 0.6) is 11.5 Å². The van der Waals surface area contributed by atoms with Crippen molar-refractivity contribution >= 4 is 28.6 Å². The summed E-state index contributed by atoms with van der Waals surface area (Å²) in [6, 6.07) is 1.54. The maximum atomic E-state index is 12.4. The average molecular weight is 528 g/mol. The van der Waals surface area contributed by atoms with Crippen molar-refractivity contribution in [2.45, 2.75) is 37.6 Å². The molecular formula is C20H20N10O8. The standard InChI is InChI=1S/C20H20N10O8/c21-17-13-18(24-6-23-17)29(7-25-13)20-16(34)15(33)12(38-20)5-28-4-8(26-27-28)3-22-19(35)10-1-9(30(36)37)2-11(31)14(10)32/h1-2,4,6-7,12,15-16,20,31-34H,3,5H2,(H,22,35)(H2,21,23,24)/t12-,15-,16-,20-/m1/s1. The predicted octanol–water partition coefficient (Wildman–Crippen LogP) is -1.43. The van der Waals surface area contributed by atoms with Gasteiger partial charge in [0.05, 0.1) is 42.2 Å². The van der Waals surface area contributed by atoms with Crippen LogP contribution in [0.2, 0.25) is 0 Å². The number of hydrogen-bond donors (Lipinski definition) is 6. The molecular weight excluding hydrogens is 508 g/mol. The van der Waals surface area contributed by atoms with Gasteiger partial charge in [0.15, 0.2) is 29.2 Å². The van der Waals surface area contributed by atoms with Crippen LogP contribution in [0.15, 0.2) is 31.0 Å². The highest BCUT2D eigenvalue weighted by Crippen LogP contribution is 2.34. The number of benzene rings is 1. The number of fused-ring (bicyclic) bond motifs is 1. The zero-order valence-corrected chi connectivity index (χ0v) is 19.2. The Kier molecular flexibility index (Phi) is 6.18. The van der Waals surface area contributed by atoms with Crippen LogP contribution in [0.25, 0.3) is 11.2 Å². The topological polar surface area (TPSA) is 263 Å². The monoisotopic (exact) mass is 528 g/mol. The number of aromatic hydroxyl groups is 2. The Balaban J connectivity index is 1.24. The number of nitrogens with one attached hydrogen (secondary N) is 1. The number of aromatic nitrogens is 7. The second kappa shape index (κ2) is 9.50. The Morgan fingerprint density at radius 3 is 2.76 bits per heavy atom. The number of amides is 1. The van der Waals surface area contributed by atoms with Gasteiger partial charge in [-0.05, 0) is 0 Å². The summed E-state index contributed by atoms with van der Waals surface area (Å²) in [5.41, 5.74) is 5.63. The lowest BCUT2D eigenvalue weighted by Crippen LogP contribution is -2.33. The average Bonchev–Trinajstić information content (AvgIpc) is 3.59. The number of nitro groups is 1. The molecule has 0 unspecified atom stereocenters. The molecule has 1 saturated heterocycles. The van der Waals surface area contributed by atoms with E-state index in [-0.39, 0.29) is 24.6 Å². The van der Waals surface area contributed by atoms with E-state index in [0.29, 0.717) is 11.2 Å². The van der Waals surface area contributed by atoms with Crippen molar-refractivity contribution in [2.75, 3.05) is 5.73 Å². The Hall–Kier alpha value is -4.94. The van der Waals surface area contributed by atoms with Crippen molar-refractivity contribution in [3.8, 4) is 11.5 Å². The van der Waals surface area contributed by atoms with E-state index in [2.05, 4.69) is 30.6 Å². The van der Waals surface area contributed by atoms with Gasteiger partial charge in [0.1, 0.15) is 35.8 Å². The molecule has 1 amide bonds. The van der Waals surface area contributed by atoms with Crippen LogP contribution >= 0.6 is 0 Å². The van der Waals surface area contributed by atoms with Gasteiger partial charge in [0, 0.05) is 6.07 Å². The van der Waals surface area contributed by atoms with Gasteiger partial charge in [-0.25, -0.2) is 19.6 Å². The molecule has 1 aliphatic heterocycles. The molecule has 18 heteroatoms. The number of rotatable bonds is 7. The molecule has 0 radical (unpaired) electrons. The number of nitrogen functional groups attached to an aromatic ring is 1. The molecule has 3 aromatic heterocycles. The molecule has 4 aromatic rings. The molecule has 0 bridgehead atoms. The van der Waals surface area contributed by atoms with Gasteiger partial charge >= 0.3 is 0 Å². The molecule has 18 nitrogen and oxygen atoms in total. The number of phenolic OH excluding ortho intramolecular Hbond substituents is 2. The van der Waals surface area contributed by atoms with Crippen molar-refractivity contribution in [2.24, 2.45) is 0 Å². The quantitative estimate of drug-likeness (QED) is 0.0912. The number of carbonyl (C=O) groups excluding carboxylic acids is 1. The number of ether oxygens (including phenoxy) is 1. The zero-order chi connectivity index (χ0) is 27.1. The summed E-state index contributed by atoms with van der Waals surface area (Å²) in [5, 5.41) is 61.9. The molecule has 4 atom stereocenters. The summed E-state index contributed by atoms with van der Waals surface area (Å²) in [6.07, 6.45) is -0.487. The summed E-state index contributed by atoms with van der Waals surface area (Å²) >= 11 is 0. The first-order valence-corrected chi connectivity index (χ1v) is 11.0. The first kappa shape index (κ1) is 24.7. The lowest BCUT2D eigenvalue weighted by molar-refractivity contribution is -0.385. The molecule has 1 fully saturated rings. The minimum absolute atomic E-state index is 0.0149. The number of nitrogens with two attached hydrogens (primary N) is 1. The summed E-state index contributed by atoms with van der Waals surface area (Å²) in [5.74, 6) is -2.37. The van der Waals surface area contributed by atoms with E-state index in [0.717, 1.165) is 12.1 Å². The lowest BCUT2D eigenvalue weighted by atomic mass is 10.1. The molecule has 7 N–H and O–H groups in total. The van der Waals surface area contributed by atoms with Gasteiger partial charge in [0.25, 0.3) is 11.6 Å². The summed E-state index contributed by atoms with van der Waals surface area (Å²) in [6.45, 7) is -0.192. The largest absolute Gasteiger partial charge is 0.504 e. The molecule has 5 rings (SSSR count). The highest BCUT2D eigenvalue weighted by atomic mass is 16.6. The number of aliphatic hydroxyl groups is 2. The lowest BCUT2D eigenvalue weighted by Gasteiger charge is -2.16. The number of nitro benzene ring substituents is 1. The third kappa shape index (κ3) is 4.38. The normalized spacial score (nSPS) is 21.1. The van der Waals surface area contributed by atoms with E-state index < -0.39 is 58.1 Å². The molecule has 4 heterocycles. The number of non-ortho nitro benzene ring substituents is 1. The number of anilines is 1. The van der Waals surface area contributed by atoms with Crippen LogP contribution in [-0.2, 0) is 17.8 Å². The van der Waals surface area contributed by atoms with Crippen molar-refractivity contribution < 1.29 is 34.9 Å². The Morgan fingerprint density at radius 2 is 2.00 bits per heavy atom. The molecule has 38 heavy (non-hydrogen) atoms. The first-order chi connectivity index (χ1) is 18.1. The van der Waals surface area contributed by atoms with Crippen LogP contribution < -0.4 is 11.1 Å². The first-order valence-electron chi connectivity index (χ1n) is 11.0. The second-order valence-corrected chi connectivity index (χ2v) is 8.36. The highest BCUT2D eigenvalue weighted by Gasteiger charge is 2.44. The minimum atomic E-state index is -1.32. The van der Waals surface area contributed by atoms with E-state index in [1.165, 1.54) is 28.1 Å². The third-order valence-electron chi connectivity index (χ3n) is 5.91. The molecule has 0 saturated carbocycles. The van der Waals surface area contributed by atoms with Gasteiger partial charge in [-0.3, -0.25) is 19.5 Å². The predicted molar refractivity (Wildman–Crippen MR) is 123 cm³/mol. The Bertz CT molecular complexity index is 1540. The number of phenols is 2. The van der Waals surface area contributed by atoms with Gasteiger partial charge < -0.3 is 36.2 Å². The van der Waals surface area contributed by atoms with Gasteiger partial charge in [0.2, 0.25) is 0 Å². The van der Waals surface area contributed by atoms with Crippen LogP contribution in [0.4, 0.5) is 11.5 Å². The Labute approximate surface area is 211 Å². The molecule has 1 aromatic carbocycles. The van der Waals surface area contributed by atoms with Crippen molar-refractivity contribution in [3.63, 3.8) is 0 Å². The van der Waals surface area contributed by atoms with Crippen LogP contribution in [0.3, 0.4) is 0 Å². The fourth-order valence-electron chi connectivity index (χ4n) is 4.01. The Morgan fingerprint density at radius 1 is 1.21 bits per heavy atom. The maximum Gasteiger partial charge on any atom is 0.274 e. The van der Waals surface area contributed by atoms with Crippen LogP contribution in [-0.4, -0.2) is 84.1 Å². The SMILES string of the molecule is Nc1ncnc2c1ncn2[C@@H]1O[C@H](Cn2cc(CNC(=O)c3cc([N+](=O)[O-])cc(O)c3O)nn2)[C@@H](O)[C@H]1O. The number of hydrogen-bond acceptors (Lipinski definition) is 14. The van der Waals surface area contributed by atoms with Gasteiger partial charge in [-0.2, -0.15) is 0 Å². The molecule has 0 aliphatic carbocycles. The summed E-state index contributed by atoms with van der Waals surface area (Å²) in [4.78, 5) is 34.7. The van der Waals surface area contributed by atoms with Crippen molar-refractivity contribution in [1.29, 1.82) is 0 Å². The van der Waals surface area contributed by atoms with E-state index >= 15 is 0 Å². The molecule has 198 valence electrons. The fraction of sp³-hybridized carbons (Fsp3) is 0.300. The van der Waals surface area contributed by atoms with Crippen molar-refractivity contribution in [3.05, 3.63) is 52.4 Å². The maximum absolute atomic E-state index is 12.4. The van der Waals surface area contributed by atoms with E-state index in [1.54, 1.807) is 0 Å².